The van der Waals surface area contributed by atoms with Crippen molar-refractivity contribution in [3.63, 3.8) is 0 Å². The number of fused-ring (bicyclic) bond motifs is 1. The maximum Gasteiger partial charge on any atom is 0.226 e. The van der Waals surface area contributed by atoms with Crippen LogP contribution in [-0.2, 0) is 0 Å². The summed E-state index contributed by atoms with van der Waals surface area (Å²) in [6.45, 7) is 2.09. The molecule has 6 nitrogen and oxygen atoms in total. The molecule has 0 saturated carbocycles. The van der Waals surface area contributed by atoms with Crippen LogP contribution in [0.3, 0.4) is 0 Å². The summed E-state index contributed by atoms with van der Waals surface area (Å²) >= 11 is 7.51. The number of H-pyrrole nitrogens is 1. The highest BCUT2D eigenvalue weighted by atomic mass is 35.5. The van der Waals surface area contributed by atoms with Crippen molar-refractivity contribution in [2.75, 3.05) is 5.32 Å². The molecule has 1 unspecified atom stereocenters. The minimum absolute atomic E-state index is 0.0949. The normalized spacial score (nSPS) is 12.7. The summed E-state index contributed by atoms with van der Waals surface area (Å²) < 4.78 is 0. The number of aromatic amines is 1. The van der Waals surface area contributed by atoms with Crippen LogP contribution in [0.2, 0.25) is 5.28 Å². The third-order valence-corrected chi connectivity index (χ3v) is 3.79. The van der Waals surface area contributed by atoms with E-state index in [0.29, 0.717) is 11.5 Å². The number of hydrogen-bond acceptors (Lipinski definition) is 6. The number of thiazole rings is 1. The molecule has 3 aromatic heterocycles. The van der Waals surface area contributed by atoms with Crippen molar-refractivity contribution in [1.29, 1.82) is 0 Å². The predicted molar refractivity (Wildman–Crippen MR) is 75.5 cm³/mol. The summed E-state index contributed by atoms with van der Waals surface area (Å²) in [5.41, 5.74) is 1.30. The van der Waals surface area contributed by atoms with Crippen LogP contribution in [0.5, 0.6) is 0 Å². The molecule has 0 bridgehead atoms. The van der Waals surface area contributed by atoms with Crippen LogP contribution < -0.4 is 5.32 Å². The van der Waals surface area contributed by atoms with Gasteiger partial charge in [0.1, 0.15) is 10.5 Å². The second-order valence-electron chi connectivity index (χ2n) is 3.92. The van der Waals surface area contributed by atoms with E-state index in [9.17, 15) is 0 Å². The van der Waals surface area contributed by atoms with Gasteiger partial charge in [0, 0.05) is 11.6 Å². The summed E-state index contributed by atoms with van der Waals surface area (Å²) in [5, 5.41) is 6.49. The maximum absolute atomic E-state index is 5.90. The Morgan fingerprint density at radius 2 is 2.32 bits per heavy atom. The molecule has 8 heteroatoms. The van der Waals surface area contributed by atoms with Crippen molar-refractivity contribution in [3.05, 3.63) is 28.2 Å². The van der Waals surface area contributed by atoms with Crippen molar-refractivity contribution >= 4 is 39.9 Å². The third-order valence-electron chi connectivity index (χ3n) is 2.73. The van der Waals surface area contributed by atoms with Crippen LogP contribution in [0.25, 0.3) is 11.2 Å². The average Bonchev–Trinajstić information content (AvgIpc) is 3.05. The highest BCUT2D eigenvalue weighted by Gasteiger charge is 2.16. The first-order valence-corrected chi connectivity index (χ1v) is 7.06. The number of nitrogens with zero attached hydrogens (tertiary/aromatic N) is 4. The summed E-state index contributed by atoms with van der Waals surface area (Å²) in [7, 11) is 0. The van der Waals surface area contributed by atoms with Gasteiger partial charge in [-0.1, -0.05) is 6.92 Å². The number of halogens is 1. The number of aromatic nitrogens is 5. The molecule has 2 N–H and O–H groups in total. The monoisotopic (exact) mass is 294 g/mol. The second kappa shape index (κ2) is 5.10. The van der Waals surface area contributed by atoms with Gasteiger partial charge in [0.05, 0.1) is 12.4 Å². The number of rotatable bonds is 4. The van der Waals surface area contributed by atoms with Crippen molar-refractivity contribution < 1.29 is 0 Å². The number of hydrogen-bond donors (Lipinski definition) is 2. The van der Waals surface area contributed by atoms with Gasteiger partial charge in [-0.25, -0.2) is 9.97 Å². The van der Waals surface area contributed by atoms with Crippen LogP contribution in [0.4, 0.5) is 5.82 Å². The average molecular weight is 295 g/mol. The topological polar surface area (TPSA) is 79.4 Å². The van der Waals surface area contributed by atoms with E-state index in [1.807, 2.05) is 5.38 Å². The standard InChI is InChI=1S/C11H11ClN6S/c1-2-6(10-13-3-4-19-10)16-9-7-8(15-5-14-7)17-11(12)18-9/h3-6H,2H2,1H3,(H2,14,15,16,17,18). The van der Waals surface area contributed by atoms with Gasteiger partial charge in [-0.05, 0) is 18.0 Å². The zero-order valence-electron chi connectivity index (χ0n) is 10.1. The SMILES string of the molecule is CCC(Nc1nc(Cl)nc2nc[nH]c12)c1nccs1. The van der Waals surface area contributed by atoms with Gasteiger partial charge in [-0.15, -0.1) is 11.3 Å². The third kappa shape index (κ3) is 2.39. The zero-order chi connectivity index (χ0) is 13.2. The molecular formula is C11H11ClN6S. The van der Waals surface area contributed by atoms with E-state index in [1.165, 1.54) is 0 Å². The molecule has 0 aliphatic rings. The molecule has 0 aliphatic heterocycles. The van der Waals surface area contributed by atoms with E-state index >= 15 is 0 Å². The molecule has 0 saturated heterocycles. The van der Waals surface area contributed by atoms with Crippen molar-refractivity contribution in [2.24, 2.45) is 0 Å². The first-order valence-electron chi connectivity index (χ1n) is 5.80. The zero-order valence-corrected chi connectivity index (χ0v) is 11.7. The smallest absolute Gasteiger partial charge is 0.226 e. The lowest BCUT2D eigenvalue weighted by atomic mass is 10.2. The largest absolute Gasteiger partial charge is 0.359 e. The van der Waals surface area contributed by atoms with Crippen LogP contribution in [0.15, 0.2) is 17.9 Å². The Hall–Kier alpha value is -1.73. The van der Waals surface area contributed by atoms with Gasteiger partial charge in [0.15, 0.2) is 11.5 Å². The van der Waals surface area contributed by atoms with E-state index in [4.69, 9.17) is 11.6 Å². The number of imidazole rings is 1. The fraction of sp³-hybridized carbons (Fsp3) is 0.273. The number of nitrogens with one attached hydrogen (secondary N) is 2. The van der Waals surface area contributed by atoms with E-state index in [2.05, 4.69) is 37.2 Å². The highest BCUT2D eigenvalue weighted by Crippen LogP contribution is 2.26. The minimum atomic E-state index is 0.0949. The van der Waals surface area contributed by atoms with Gasteiger partial charge >= 0.3 is 0 Å². The van der Waals surface area contributed by atoms with E-state index in [0.717, 1.165) is 16.9 Å². The first-order chi connectivity index (χ1) is 9.28. The van der Waals surface area contributed by atoms with Gasteiger partial charge in [-0.3, -0.25) is 0 Å². The predicted octanol–water partition coefficient (Wildman–Crippen LogP) is 3.03. The summed E-state index contributed by atoms with van der Waals surface area (Å²) in [6.07, 6.45) is 4.26. The molecule has 1 atom stereocenters. The maximum atomic E-state index is 5.90. The summed E-state index contributed by atoms with van der Waals surface area (Å²) in [6, 6.07) is 0.0949. The summed E-state index contributed by atoms with van der Waals surface area (Å²) in [5.74, 6) is 0.648. The van der Waals surface area contributed by atoms with Crippen molar-refractivity contribution in [3.8, 4) is 0 Å². The molecule has 0 aliphatic carbocycles. The number of anilines is 1. The van der Waals surface area contributed by atoms with Gasteiger partial charge in [-0.2, -0.15) is 9.97 Å². The second-order valence-corrected chi connectivity index (χ2v) is 5.18. The Morgan fingerprint density at radius 1 is 1.42 bits per heavy atom. The molecule has 0 fully saturated rings. The van der Waals surface area contributed by atoms with E-state index in [1.54, 1.807) is 23.9 Å². The lowest BCUT2D eigenvalue weighted by Gasteiger charge is -2.15. The Morgan fingerprint density at radius 3 is 3.05 bits per heavy atom. The van der Waals surface area contributed by atoms with Crippen LogP contribution in [-0.4, -0.2) is 24.9 Å². The molecule has 19 heavy (non-hydrogen) atoms. The van der Waals surface area contributed by atoms with Crippen molar-refractivity contribution in [1.82, 2.24) is 24.9 Å². The summed E-state index contributed by atoms with van der Waals surface area (Å²) in [4.78, 5) is 19.7. The Labute approximate surface area is 118 Å². The van der Waals surface area contributed by atoms with Crippen molar-refractivity contribution in [2.45, 2.75) is 19.4 Å². The quantitative estimate of drug-likeness (QED) is 0.723. The fourth-order valence-electron chi connectivity index (χ4n) is 1.82. The Balaban J connectivity index is 1.98. The molecule has 98 valence electrons. The Kier molecular flexibility index (Phi) is 3.31. The molecular weight excluding hydrogens is 284 g/mol. The van der Waals surface area contributed by atoms with Crippen LogP contribution >= 0.6 is 22.9 Å². The van der Waals surface area contributed by atoms with Gasteiger partial charge in [0.2, 0.25) is 5.28 Å². The molecule has 3 aromatic rings. The van der Waals surface area contributed by atoms with Gasteiger partial charge in [0.25, 0.3) is 0 Å². The first kappa shape index (κ1) is 12.3. The molecule has 3 rings (SSSR count). The lowest BCUT2D eigenvalue weighted by molar-refractivity contribution is 0.738. The molecule has 0 spiro atoms. The highest BCUT2D eigenvalue weighted by molar-refractivity contribution is 7.09. The molecule has 0 aromatic carbocycles. The molecule has 3 heterocycles. The van der Waals surface area contributed by atoms with Gasteiger partial charge < -0.3 is 10.3 Å². The Bertz CT molecular complexity index is 680. The van der Waals surface area contributed by atoms with Crippen LogP contribution in [0, 0.1) is 0 Å². The van der Waals surface area contributed by atoms with E-state index < -0.39 is 0 Å². The molecule has 0 amide bonds. The van der Waals surface area contributed by atoms with Crippen LogP contribution in [0.1, 0.15) is 24.4 Å². The lowest BCUT2D eigenvalue weighted by Crippen LogP contribution is -2.11. The van der Waals surface area contributed by atoms with E-state index in [-0.39, 0.29) is 11.3 Å². The molecule has 0 radical (unpaired) electrons. The fourth-order valence-corrected chi connectivity index (χ4v) is 2.76. The minimum Gasteiger partial charge on any atom is -0.359 e.